The number of nitrogens with zero attached hydrogens (tertiary/aromatic N) is 8. The summed E-state index contributed by atoms with van der Waals surface area (Å²) in [5.74, 6) is 2.22. The summed E-state index contributed by atoms with van der Waals surface area (Å²) < 4.78 is 21.5. The molecule has 0 unspecified atom stereocenters. The molecule has 2 saturated heterocycles. The molecular formula is C29H38N8O4. The van der Waals surface area contributed by atoms with Crippen LogP contribution in [0.1, 0.15) is 46.4 Å². The van der Waals surface area contributed by atoms with E-state index in [9.17, 15) is 4.79 Å². The quantitative estimate of drug-likeness (QED) is 0.358. The molecule has 12 heteroatoms. The van der Waals surface area contributed by atoms with Crippen LogP contribution in [0.15, 0.2) is 24.3 Å². The van der Waals surface area contributed by atoms with Crippen molar-refractivity contribution in [2.24, 2.45) is 7.05 Å². The fraction of sp³-hybridized carbons (Fsp3) is 0.552. The topological polar surface area (TPSA) is 113 Å². The minimum absolute atomic E-state index is 0.0762. The molecule has 0 saturated carbocycles. The molecule has 6 rings (SSSR count). The smallest absolute Gasteiger partial charge is 0.410 e. The average molecular weight is 563 g/mol. The minimum atomic E-state index is -0.517. The molecule has 4 aromatic rings. The number of benzene rings is 1. The number of carbonyl (C=O) groups excluding carboxylic acids is 1. The van der Waals surface area contributed by atoms with Crippen molar-refractivity contribution in [3.8, 4) is 12.0 Å². The summed E-state index contributed by atoms with van der Waals surface area (Å²) in [5, 5.41) is 0. The molecule has 3 aromatic heterocycles. The summed E-state index contributed by atoms with van der Waals surface area (Å²) >= 11 is 0. The van der Waals surface area contributed by atoms with E-state index in [1.54, 1.807) is 4.90 Å². The monoisotopic (exact) mass is 562 g/mol. The first-order valence-electron chi connectivity index (χ1n) is 14.4. The summed E-state index contributed by atoms with van der Waals surface area (Å²) in [6.07, 6.45) is 1.76. The lowest BCUT2D eigenvalue weighted by Gasteiger charge is -2.33. The molecule has 0 N–H and O–H groups in total. The lowest BCUT2D eigenvalue weighted by Crippen LogP contribution is -2.44. The van der Waals surface area contributed by atoms with Gasteiger partial charge in [0.15, 0.2) is 17.0 Å². The molecule has 5 heterocycles. The number of hydrogen-bond acceptors (Lipinski definition) is 9. The number of ether oxygens (including phenoxy) is 3. The van der Waals surface area contributed by atoms with Gasteiger partial charge >= 0.3 is 6.09 Å². The predicted molar refractivity (Wildman–Crippen MR) is 155 cm³/mol. The first-order chi connectivity index (χ1) is 19.7. The maximum atomic E-state index is 12.5. The number of rotatable bonds is 5. The Kier molecular flexibility index (Phi) is 7.18. The fourth-order valence-corrected chi connectivity index (χ4v) is 5.38. The molecule has 41 heavy (non-hydrogen) atoms. The lowest BCUT2D eigenvalue weighted by molar-refractivity contribution is 0.0116. The number of amides is 1. The second-order valence-corrected chi connectivity index (χ2v) is 11.6. The van der Waals surface area contributed by atoms with Crippen molar-refractivity contribution in [1.82, 2.24) is 34.0 Å². The second-order valence-electron chi connectivity index (χ2n) is 11.6. The van der Waals surface area contributed by atoms with E-state index in [1.807, 2.05) is 61.2 Å². The van der Waals surface area contributed by atoms with Crippen molar-refractivity contribution in [3.63, 3.8) is 0 Å². The van der Waals surface area contributed by atoms with Crippen molar-refractivity contribution < 1.29 is 19.0 Å². The van der Waals surface area contributed by atoms with Crippen molar-refractivity contribution in [2.75, 3.05) is 44.3 Å². The summed E-state index contributed by atoms with van der Waals surface area (Å²) in [6, 6.07) is 8.54. The third-order valence-electron chi connectivity index (χ3n) is 7.47. The van der Waals surface area contributed by atoms with Gasteiger partial charge in [-0.25, -0.2) is 9.78 Å². The van der Waals surface area contributed by atoms with E-state index >= 15 is 0 Å². The zero-order valence-electron chi connectivity index (χ0n) is 24.5. The SMILES string of the molecule is CCc1nc2ccccc2n1-c1nc(N2CCOCC2)c2nc(OC3CCN(C(=O)OC(C)(C)C)CC3)n(C)c2n1. The van der Waals surface area contributed by atoms with E-state index in [2.05, 4.69) is 11.8 Å². The number of hydrogen-bond donors (Lipinski definition) is 0. The molecule has 0 atom stereocenters. The number of morpholine rings is 1. The summed E-state index contributed by atoms with van der Waals surface area (Å²) in [4.78, 5) is 36.3. The maximum Gasteiger partial charge on any atom is 0.410 e. The summed E-state index contributed by atoms with van der Waals surface area (Å²) in [7, 11) is 1.92. The van der Waals surface area contributed by atoms with E-state index in [-0.39, 0.29) is 12.2 Å². The fourth-order valence-electron chi connectivity index (χ4n) is 5.38. The van der Waals surface area contributed by atoms with Gasteiger partial charge in [0.1, 0.15) is 17.5 Å². The van der Waals surface area contributed by atoms with Crippen LogP contribution in [0.25, 0.3) is 28.1 Å². The third-order valence-corrected chi connectivity index (χ3v) is 7.47. The Labute approximate surface area is 239 Å². The van der Waals surface area contributed by atoms with Gasteiger partial charge < -0.3 is 24.0 Å². The number of carbonyl (C=O) groups is 1. The van der Waals surface area contributed by atoms with Crippen LogP contribution >= 0.6 is 0 Å². The van der Waals surface area contributed by atoms with Gasteiger partial charge in [-0.15, -0.1) is 0 Å². The van der Waals surface area contributed by atoms with E-state index in [0.29, 0.717) is 75.4 Å². The number of fused-ring (bicyclic) bond motifs is 2. The van der Waals surface area contributed by atoms with Crippen LogP contribution in [0.5, 0.6) is 6.01 Å². The largest absolute Gasteiger partial charge is 0.461 e. The normalized spacial score (nSPS) is 17.0. The molecule has 1 amide bonds. The zero-order chi connectivity index (χ0) is 28.7. The molecule has 2 aliphatic heterocycles. The number of piperidine rings is 1. The number of para-hydroxylation sites is 2. The van der Waals surface area contributed by atoms with Crippen molar-refractivity contribution in [1.29, 1.82) is 0 Å². The van der Waals surface area contributed by atoms with E-state index in [4.69, 9.17) is 34.1 Å². The maximum absolute atomic E-state index is 12.5. The molecule has 2 aliphatic rings. The van der Waals surface area contributed by atoms with E-state index in [1.165, 1.54) is 0 Å². The Balaban J connectivity index is 1.34. The van der Waals surface area contributed by atoms with Gasteiger partial charge in [0, 0.05) is 52.5 Å². The Bertz CT molecular complexity index is 1560. The number of imidazole rings is 2. The molecule has 0 spiro atoms. The molecule has 218 valence electrons. The van der Waals surface area contributed by atoms with Crippen LogP contribution in [0, 0.1) is 0 Å². The highest BCUT2D eigenvalue weighted by atomic mass is 16.6. The van der Waals surface area contributed by atoms with Gasteiger partial charge in [0.25, 0.3) is 6.01 Å². The highest BCUT2D eigenvalue weighted by molar-refractivity contribution is 5.86. The zero-order valence-corrected chi connectivity index (χ0v) is 24.5. The Morgan fingerprint density at radius 1 is 1.02 bits per heavy atom. The van der Waals surface area contributed by atoms with Gasteiger partial charge in [-0.2, -0.15) is 15.0 Å². The molecule has 2 fully saturated rings. The lowest BCUT2D eigenvalue weighted by atomic mass is 10.1. The summed E-state index contributed by atoms with van der Waals surface area (Å²) in [5.41, 5.74) is 2.75. The van der Waals surface area contributed by atoms with Crippen molar-refractivity contribution >= 4 is 34.1 Å². The Morgan fingerprint density at radius 2 is 1.76 bits per heavy atom. The van der Waals surface area contributed by atoms with Gasteiger partial charge in [0.2, 0.25) is 5.95 Å². The average Bonchev–Trinajstić information content (AvgIpc) is 3.49. The van der Waals surface area contributed by atoms with Crippen LogP contribution in [-0.4, -0.2) is 91.2 Å². The standard InChI is InChI=1S/C29H38N8O4/c1-6-22-30-20-9-7-8-10-21(20)37(22)26-32-24-23(25(33-26)35-15-17-39-18-16-35)31-27(34(24)5)40-19-11-13-36(14-12-19)28(38)41-29(2,3)4/h7-10,19H,6,11-18H2,1-5H3. The molecule has 0 radical (unpaired) electrons. The van der Waals surface area contributed by atoms with Gasteiger partial charge in [-0.3, -0.25) is 9.13 Å². The van der Waals surface area contributed by atoms with Crippen LogP contribution in [0.4, 0.5) is 10.6 Å². The van der Waals surface area contributed by atoms with Crippen LogP contribution in [0.3, 0.4) is 0 Å². The van der Waals surface area contributed by atoms with E-state index < -0.39 is 5.60 Å². The van der Waals surface area contributed by atoms with Gasteiger partial charge in [-0.05, 0) is 32.9 Å². The number of likely N-dealkylation sites (tertiary alicyclic amines) is 1. The molecule has 0 bridgehead atoms. The molecule has 1 aromatic carbocycles. The van der Waals surface area contributed by atoms with Crippen molar-refractivity contribution in [2.45, 2.75) is 58.7 Å². The minimum Gasteiger partial charge on any atom is -0.461 e. The first kappa shape index (κ1) is 27.3. The van der Waals surface area contributed by atoms with Gasteiger partial charge in [0.05, 0.1) is 24.2 Å². The summed E-state index contributed by atoms with van der Waals surface area (Å²) in [6.45, 7) is 11.5. The number of aryl methyl sites for hydroxylation is 2. The molecule has 12 nitrogen and oxygen atoms in total. The molecule has 0 aliphatic carbocycles. The first-order valence-corrected chi connectivity index (χ1v) is 14.4. The van der Waals surface area contributed by atoms with Crippen LogP contribution in [-0.2, 0) is 22.9 Å². The van der Waals surface area contributed by atoms with Gasteiger partial charge in [-0.1, -0.05) is 19.1 Å². The number of aromatic nitrogens is 6. The van der Waals surface area contributed by atoms with E-state index in [0.717, 1.165) is 29.1 Å². The predicted octanol–water partition coefficient (Wildman–Crippen LogP) is 3.88. The Morgan fingerprint density at radius 3 is 2.46 bits per heavy atom. The Hall–Kier alpha value is -3.93. The van der Waals surface area contributed by atoms with Crippen LogP contribution < -0.4 is 9.64 Å². The highest BCUT2D eigenvalue weighted by Crippen LogP contribution is 2.31. The van der Waals surface area contributed by atoms with Crippen molar-refractivity contribution in [3.05, 3.63) is 30.1 Å². The second kappa shape index (κ2) is 10.8. The third kappa shape index (κ3) is 5.40. The highest BCUT2D eigenvalue weighted by Gasteiger charge is 2.30. The van der Waals surface area contributed by atoms with Crippen LogP contribution in [0.2, 0.25) is 0 Å². The number of anilines is 1. The molecular weight excluding hydrogens is 524 g/mol.